The number of aliphatic hydroxyl groups excluding tert-OH is 1. The standard InChI is InChI=1S/C23H30N2O2/c26-21-5-6-25-20(17-3-1-2-4-18(17)22(25)27)10-19(21)24-23-11-14-7-15(12-23)9-16(8-14)13-23/h1-4,14-16,19-21,24,26H,5-13H2/t14?,15?,16?,19-,20-,21-,23?/m0/s1. The maximum Gasteiger partial charge on any atom is 0.254 e. The molecule has 2 heterocycles. The summed E-state index contributed by atoms with van der Waals surface area (Å²) in [6, 6.07) is 8.29. The molecule has 0 unspecified atom stereocenters. The molecular formula is C23H30N2O2. The van der Waals surface area contributed by atoms with Gasteiger partial charge in [-0.2, -0.15) is 0 Å². The van der Waals surface area contributed by atoms with Crippen LogP contribution in [0, 0.1) is 17.8 Å². The third-order valence-electron chi connectivity index (χ3n) is 8.32. The van der Waals surface area contributed by atoms with Crippen molar-refractivity contribution in [1.82, 2.24) is 10.2 Å². The van der Waals surface area contributed by atoms with Crippen LogP contribution in [0.2, 0.25) is 0 Å². The highest BCUT2D eigenvalue weighted by molar-refractivity contribution is 5.99. The average molecular weight is 367 g/mol. The first-order valence-corrected chi connectivity index (χ1v) is 11.0. The Morgan fingerprint density at radius 2 is 1.67 bits per heavy atom. The predicted molar refractivity (Wildman–Crippen MR) is 103 cm³/mol. The molecule has 4 saturated carbocycles. The molecule has 1 saturated heterocycles. The van der Waals surface area contributed by atoms with E-state index in [0.717, 1.165) is 35.3 Å². The Balaban J connectivity index is 1.28. The van der Waals surface area contributed by atoms with Crippen molar-refractivity contribution in [3.8, 4) is 0 Å². The van der Waals surface area contributed by atoms with Gasteiger partial charge in [-0.1, -0.05) is 18.2 Å². The molecule has 7 rings (SSSR count). The highest BCUT2D eigenvalue weighted by Gasteiger charge is 2.52. The van der Waals surface area contributed by atoms with Crippen molar-refractivity contribution in [2.24, 2.45) is 17.8 Å². The monoisotopic (exact) mass is 366 g/mol. The molecule has 1 amide bonds. The number of aliphatic hydroxyl groups is 1. The second-order valence-electron chi connectivity index (χ2n) is 10.1. The highest BCUT2D eigenvalue weighted by Crippen LogP contribution is 2.56. The van der Waals surface area contributed by atoms with Crippen molar-refractivity contribution >= 4 is 5.91 Å². The number of nitrogens with one attached hydrogen (secondary N) is 1. The van der Waals surface area contributed by atoms with Gasteiger partial charge in [0.05, 0.1) is 12.1 Å². The third-order valence-corrected chi connectivity index (χ3v) is 8.32. The first-order chi connectivity index (χ1) is 13.1. The number of hydrogen-bond donors (Lipinski definition) is 2. The highest BCUT2D eigenvalue weighted by atomic mass is 16.3. The van der Waals surface area contributed by atoms with Gasteiger partial charge in [0.1, 0.15) is 0 Å². The molecule has 6 aliphatic rings. The molecule has 2 N–H and O–H groups in total. The van der Waals surface area contributed by atoms with Crippen LogP contribution in [-0.4, -0.2) is 40.1 Å². The fourth-order valence-corrected chi connectivity index (χ4v) is 7.66. The van der Waals surface area contributed by atoms with Gasteiger partial charge in [0, 0.05) is 23.7 Å². The average Bonchev–Trinajstić information content (AvgIpc) is 2.79. The number of amides is 1. The van der Waals surface area contributed by atoms with E-state index in [1.807, 2.05) is 23.1 Å². The van der Waals surface area contributed by atoms with Crippen LogP contribution in [0.1, 0.15) is 73.3 Å². The minimum atomic E-state index is -0.358. The molecule has 0 spiro atoms. The number of carbonyl (C=O) groups excluding carboxylic acids is 1. The lowest BCUT2D eigenvalue weighted by Gasteiger charge is -2.58. The van der Waals surface area contributed by atoms with Crippen LogP contribution in [0.25, 0.3) is 0 Å². The van der Waals surface area contributed by atoms with Gasteiger partial charge < -0.3 is 15.3 Å². The van der Waals surface area contributed by atoms with Gasteiger partial charge >= 0.3 is 0 Å². The van der Waals surface area contributed by atoms with E-state index in [1.165, 1.54) is 38.5 Å². The Morgan fingerprint density at radius 3 is 2.37 bits per heavy atom. The van der Waals surface area contributed by atoms with Crippen molar-refractivity contribution in [3.05, 3.63) is 35.4 Å². The Kier molecular flexibility index (Phi) is 3.56. The second kappa shape index (κ2) is 5.81. The van der Waals surface area contributed by atoms with Crippen molar-refractivity contribution in [2.45, 2.75) is 75.1 Å². The number of fused-ring (bicyclic) bond motifs is 3. The van der Waals surface area contributed by atoms with Gasteiger partial charge in [0.25, 0.3) is 5.91 Å². The number of hydrogen-bond acceptors (Lipinski definition) is 3. The van der Waals surface area contributed by atoms with E-state index in [9.17, 15) is 9.90 Å². The van der Waals surface area contributed by atoms with Crippen LogP contribution in [0.3, 0.4) is 0 Å². The van der Waals surface area contributed by atoms with E-state index in [2.05, 4.69) is 11.4 Å². The zero-order chi connectivity index (χ0) is 18.2. The molecule has 27 heavy (non-hydrogen) atoms. The van der Waals surface area contributed by atoms with Crippen molar-refractivity contribution in [3.63, 3.8) is 0 Å². The summed E-state index contributed by atoms with van der Waals surface area (Å²) in [6.45, 7) is 0.665. The molecule has 4 aliphatic carbocycles. The smallest absolute Gasteiger partial charge is 0.254 e. The minimum Gasteiger partial charge on any atom is -0.391 e. The minimum absolute atomic E-state index is 0.0928. The van der Waals surface area contributed by atoms with Gasteiger partial charge in [-0.3, -0.25) is 4.79 Å². The van der Waals surface area contributed by atoms with Crippen LogP contribution in [-0.2, 0) is 0 Å². The molecule has 0 aromatic heterocycles. The Morgan fingerprint density at radius 1 is 1.00 bits per heavy atom. The van der Waals surface area contributed by atoms with Gasteiger partial charge in [0.15, 0.2) is 0 Å². The fourth-order valence-electron chi connectivity index (χ4n) is 7.66. The van der Waals surface area contributed by atoms with E-state index >= 15 is 0 Å². The Bertz CT molecular complexity index is 740. The lowest BCUT2D eigenvalue weighted by Crippen LogP contribution is -2.62. The predicted octanol–water partition coefficient (Wildman–Crippen LogP) is 3.27. The van der Waals surface area contributed by atoms with Gasteiger partial charge in [-0.15, -0.1) is 0 Å². The van der Waals surface area contributed by atoms with Crippen LogP contribution in [0.15, 0.2) is 24.3 Å². The van der Waals surface area contributed by atoms with E-state index in [-0.39, 0.29) is 29.6 Å². The first kappa shape index (κ1) is 16.6. The molecule has 4 nitrogen and oxygen atoms in total. The van der Waals surface area contributed by atoms with E-state index in [4.69, 9.17) is 0 Å². The topological polar surface area (TPSA) is 52.6 Å². The Hall–Kier alpha value is -1.39. The molecule has 1 aromatic carbocycles. The molecule has 3 atom stereocenters. The largest absolute Gasteiger partial charge is 0.391 e. The molecule has 4 heteroatoms. The van der Waals surface area contributed by atoms with E-state index < -0.39 is 0 Å². The maximum absolute atomic E-state index is 12.8. The summed E-state index contributed by atoms with van der Waals surface area (Å²) in [5.41, 5.74) is 2.28. The summed E-state index contributed by atoms with van der Waals surface area (Å²) in [7, 11) is 0. The summed E-state index contributed by atoms with van der Waals surface area (Å²) in [4.78, 5) is 14.8. The summed E-state index contributed by atoms with van der Waals surface area (Å²) in [5, 5.41) is 15.0. The third kappa shape index (κ3) is 2.52. The zero-order valence-electron chi connectivity index (χ0n) is 15.9. The van der Waals surface area contributed by atoms with Crippen LogP contribution < -0.4 is 5.32 Å². The number of carbonyl (C=O) groups is 1. The maximum atomic E-state index is 12.8. The lowest BCUT2D eigenvalue weighted by molar-refractivity contribution is -0.0362. The molecule has 4 bridgehead atoms. The van der Waals surface area contributed by atoms with Gasteiger partial charge in [-0.25, -0.2) is 0 Å². The summed E-state index contributed by atoms with van der Waals surface area (Å²) in [5.74, 6) is 2.85. The lowest BCUT2D eigenvalue weighted by atomic mass is 9.53. The molecule has 5 fully saturated rings. The number of nitrogens with zero attached hydrogens (tertiary/aromatic N) is 1. The van der Waals surface area contributed by atoms with Crippen LogP contribution in [0.5, 0.6) is 0 Å². The fraction of sp³-hybridized carbons (Fsp3) is 0.696. The van der Waals surface area contributed by atoms with Crippen molar-refractivity contribution < 1.29 is 9.90 Å². The SMILES string of the molecule is O=C1c2ccccc2[C@@H]2C[C@H](NC34CC5CC(CC(C5)C3)C4)[C@@H](O)CCN12. The first-order valence-electron chi connectivity index (χ1n) is 11.0. The summed E-state index contributed by atoms with van der Waals surface area (Å²) >= 11 is 0. The number of rotatable bonds is 2. The normalized spacial score (nSPS) is 44.9. The van der Waals surface area contributed by atoms with Crippen molar-refractivity contribution in [1.29, 1.82) is 0 Å². The molecule has 0 radical (unpaired) electrons. The van der Waals surface area contributed by atoms with Crippen LogP contribution >= 0.6 is 0 Å². The second-order valence-corrected chi connectivity index (χ2v) is 10.1. The van der Waals surface area contributed by atoms with Crippen molar-refractivity contribution in [2.75, 3.05) is 6.54 Å². The Labute approximate surface area is 161 Å². The van der Waals surface area contributed by atoms with E-state index in [1.54, 1.807) is 0 Å². The molecular weight excluding hydrogens is 336 g/mol. The van der Waals surface area contributed by atoms with Gasteiger partial charge in [0.2, 0.25) is 0 Å². The molecule has 2 aliphatic heterocycles. The summed E-state index contributed by atoms with van der Waals surface area (Å²) < 4.78 is 0. The van der Waals surface area contributed by atoms with Gasteiger partial charge in [-0.05, 0) is 80.8 Å². The molecule has 1 aromatic rings. The quantitative estimate of drug-likeness (QED) is 0.845. The summed E-state index contributed by atoms with van der Waals surface area (Å²) in [6.07, 6.45) is 9.37. The zero-order valence-corrected chi connectivity index (χ0v) is 15.9. The van der Waals surface area contributed by atoms with E-state index in [0.29, 0.717) is 13.0 Å². The van der Waals surface area contributed by atoms with Crippen LogP contribution in [0.4, 0.5) is 0 Å². The number of benzene rings is 1. The molecule has 144 valence electrons.